The summed E-state index contributed by atoms with van der Waals surface area (Å²) in [6.07, 6.45) is 5.28. The van der Waals surface area contributed by atoms with Crippen LogP contribution in [0.5, 0.6) is 0 Å². The summed E-state index contributed by atoms with van der Waals surface area (Å²) in [5.74, 6) is -0.335. The van der Waals surface area contributed by atoms with Crippen molar-refractivity contribution in [2.24, 2.45) is 17.8 Å². The number of carbonyl (C=O) groups excluding carboxylic acids is 2. The number of nitrogens with one attached hydrogen (secondary N) is 3. The van der Waals surface area contributed by atoms with Gasteiger partial charge in [-0.2, -0.15) is 11.8 Å². The first-order valence-electron chi connectivity index (χ1n) is 15.1. The second-order valence-electron chi connectivity index (χ2n) is 13.0. The van der Waals surface area contributed by atoms with E-state index in [2.05, 4.69) is 20.6 Å². The molecule has 2 fully saturated rings. The highest BCUT2D eigenvalue weighted by Crippen LogP contribution is 2.36. The predicted octanol–water partition coefficient (Wildman–Crippen LogP) is 2.27. The van der Waals surface area contributed by atoms with Gasteiger partial charge in [0.25, 0.3) is 0 Å². The monoisotopic (exact) mass is 634 g/mol. The van der Waals surface area contributed by atoms with Crippen molar-refractivity contribution in [3.8, 4) is 0 Å². The smallest absolute Gasteiger partial charge is 0.243 e. The van der Waals surface area contributed by atoms with E-state index in [1.54, 1.807) is 38.7 Å². The van der Waals surface area contributed by atoms with Crippen LogP contribution in [0.4, 0.5) is 0 Å². The lowest BCUT2D eigenvalue weighted by Gasteiger charge is -2.30. The summed E-state index contributed by atoms with van der Waals surface area (Å²) in [5.41, 5.74) is 1.42. The van der Waals surface area contributed by atoms with Crippen LogP contribution in [0.2, 0.25) is 0 Å². The highest BCUT2D eigenvalue weighted by molar-refractivity contribution is 7.99. The first-order chi connectivity index (χ1) is 20.3. The molecular weight excluding hydrogens is 588 g/mol. The van der Waals surface area contributed by atoms with Gasteiger partial charge in [0.2, 0.25) is 11.8 Å². The van der Waals surface area contributed by atoms with Gasteiger partial charge in [0, 0.05) is 24.1 Å². The van der Waals surface area contributed by atoms with Gasteiger partial charge in [0.15, 0.2) is 9.84 Å². The number of hydrogen-bond acceptors (Lipinski definition) is 8. The molecule has 2 amide bonds. The van der Waals surface area contributed by atoms with Crippen molar-refractivity contribution < 1.29 is 28.2 Å². The molecule has 2 aromatic rings. The molecule has 0 bridgehead atoms. The Morgan fingerprint density at radius 2 is 1.74 bits per heavy atom. The standard InChI is InChI=1S/C31H46N4O6S2/c1-31(2,3)43(40,41)18-23(13-20-7-5-4-6-8-20)29(38)34-25(14-24-15-32-19-33-24)30(39)35-26(17-42-16-21-9-10-21)28(37)27(36)22-11-12-22/h4-8,15,19,21-23,25-28,36-37H,9-14,16-18H2,1-3H3,(H,32,33)(H,34,38)(H,35,39)/t23-,25+,26+,27+,28-/m1/s1. The van der Waals surface area contributed by atoms with E-state index in [0.29, 0.717) is 17.4 Å². The topological polar surface area (TPSA) is 161 Å². The van der Waals surface area contributed by atoms with E-state index in [9.17, 15) is 28.2 Å². The molecule has 0 aliphatic heterocycles. The number of sulfone groups is 1. The van der Waals surface area contributed by atoms with Gasteiger partial charge in [0.1, 0.15) is 12.1 Å². The van der Waals surface area contributed by atoms with Crippen molar-refractivity contribution in [3.05, 3.63) is 54.1 Å². The second kappa shape index (κ2) is 14.6. The number of carbonyl (C=O) groups is 2. The first kappa shape index (κ1) is 33.5. The van der Waals surface area contributed by atoms with Crippen LogP contribution in [-0.4, -0.2) is 86.7 Å². The van der Waals surface area contributed by atoms with Crippen molar-refractivity contribution in [2.75, 3.05) is 17.3 Å². The van der Waals surface area contributed by atoms with Gasteiger partial charge >= 0.3 is 0 Å². The number of imidazole rings is 1. The summed E-state index contributed by atoms with van der Waals surface area (Å²) in [4.78, 5) is 34.6. The Labute approximate surface area is 259 Å². The molecule has 2 aliphatic rings. The molecule has 0 saturated heterocycles. The average Bonchev–Trinajstić information content (AvgIpc) is 3.90. The zero-order chi connectivity index (χ0) is 31.2. The number of hydrogen-bond donors (Lipinski definition) is 5. The zero-order valence-electron chi connectivity index (χ0n) is 25.2. The van der Waals surface area contributed by atoms with Crippen LogP contribution in [0.15, 0.2) is 42.9 Å². The van der Waals surface area contributed by atoms with E-state index in [4.69, 9.17) is 0 Å². The Kier molecular flexibility index (Phi) is 11.4. The number of thioether (sulfide) groups is 1. The van der Waals surface area contributed by atoms with E-state index >= 15 is 0 Å². The number of aliphatic hydroxyl groups excluding tert-OH is 2. The number of amides is 2. The average molecular weight is 635 g/mol. The molecule has 1 aromatic heterocycles. The van der Waals surface area contributed by atoms with Gasteiger partial charge in [-0.3, -0.25) is 9.59 Å². The maximum absolute atomic E-state index is 13.8. The minimum absolute atomic E-state index is 0.0202. The Morgan fingerprint density at radius 3 is 2.33 bits per heavy atom. The summed E-state index contributed by atoms with van der Waals surface area (Å²) >= 11 is 1.64. The van der Waals surface area contributed by atoms with Crippen LogP contribution in [-0.2, 0) is 32.3 Å². The molecule has 1 aromatic carbocycles. The summed E-state index contributed by atoms with van der Waals surface area (Å²) in [5, 5.41) is 27.5. The Morgan fingerprint density at radius 1 is 1.05 bits per heavy atom. The largest absolute Gasteiger partial charge is 0.390 e. The summed E-state index contributed by atoms with van der Waals surface area (Å²) in [7, 11) is -3.66. The molecule has 5 N–H and O–H groups in total. The normalized spacial score (nSPS) is 19.2. The van der Waals surface area contributed by atoms with Gasteiger partial charge in [0.05, 0.1) is 34.9 Å². The fourth-order valence-corrected chi connectivity index (χ4v) is 7.50. The molecule has 238 valence electrons. The van der Waals surface area contributed by atoms with E-state index in [0.717, 1.165) is 24.2 Å². The van der Waals surface area contributed by atoms with Crippen molar-refractivity contribution in [1.82, 2.24) is 20.6 Å². The van der Waals surface area contributed by atoms with Gasteiger partial charge in [-0.05, 0) is 76.0 Å². The molecular formula is C31H46N4O6S2. The van der Waals surface area contributed by atoms with Crippen molar-refractivity contribution >= 4 is 33.4 Å². The summed E-state index contributed by atoms with van der Waals surface area (Å²) < 4.78 is 25.4. The molecule has 2 aliphatic carbocycles. The fraction of sp³-hybridized carbons (Fsp3) is 0.645. The lowest BCUT2D eigenvalue weighted by atomic mass is 9.99. The minimum Gasteiger partial charge on any atom is -0.390 e. The van der Waals surface area contributed by atoms with E-state index in [1.165, 1.54) is 19.2 Å². The Hall–Kier alpha value is -2.41. The zero-order valence-corrected chi connectivity index (χ0v) is 26.9. The quantitative estimate of drug-likeness (QED) is 0.177. The number of rotatable bonds is 17. The van der Waals surface area contributed by atoms with Gasteiger partial charge < -0.3 is 25.8 Å². The van der Waals surface area contributed by atoms with Crippen LogP contribution in [0.3, 0.4) is 0 Å². The number of H-pyrrole nitrogens is 1. The first-order valence-corrected chi connectivity index (χ1v) is 17.9. The minimum atomic E-state index is -3.66. The Balaban J connectivity index is 1.53. The molecule has 10 nitrogen and oxygen atoms in total. The molecule has 12 heteroatoms. The van der Waals surface area contributed by atoms with Gasteiger partial charge in [-0.15, -0.1) is 0 Å². The van der Waals surface area contributed by atoms with E-state index < -0.39 is 56.6 Å². The van der Waals surface area contributed by atoms with E-state index in [1.807, 2.05) is 30.3 Å². The third-order valence-electron chi connectivity index (χ3n) is 8.20. The second-order valence-corrected chi connectivity index (χ2v) is 16.9. The molecule has 2 saturated carbocycles. The lowest BCUT2D eigenvalue weighted by molar-refractivity contribution is -0.131. The highest BCUT2D eigenvalue weighted by atomic mass is 32.2. The molecule has 1 heterocycles. The van der Waals surface area contributed by atoms with Crippen LogP contribution in [0.1, 0.15) is 57.7 Å². The van der Waals surface area contributed by atoms with Crippen LogP contribution >= 0.6 is 11.8 Å². The van der Waals surface area contributed by atoms with Crippen molar-refractivity contribution in [1.29, 1.82) is 0 Å². The van der Waals surface area contributed by atoms with Gasteiger partial charge in [-0.1, -0.05) is 30.3 Å². The third kappa shape index (κ3) is 10.1. The number of aliphatic hydroxyl groups is 2. The Bertz CT molecular complexity index is 1290. The SMILES string of the molecule is CC(C)(C)S(=O)(=O)C[C@@H](Cc1ccccc1)C(=O)N[C@@H](Cc1cnc[nH]1)C(=O)N[C@@H](CSCC1CC1)[C@@H](O)[C@@H](O)C1CC1. The van der Waals surface area contributed by atoms with E-state index in [-0.39, 0.29) is 24.5 Å². The number of aromatic nitrogens is 2. The van der Waals surface area contributed by atoms with Crippen LogP contribution < -0.4 is 10.6 Å². The number of nitrogens with zero attached hydrogens (tertiary/aromatic N) is 1. The predicted molar refractivity (Wildman–Crippen MR) is 168 cm³/mol. The molecule has 0 radical (unpaired) electrons. The fourth-order valence-electron chi connectivity index (χ4n) is 4.87. The molecule has 0 spiro atoms. The lowest BCUT2D eigenvalue weighted by Crippen LogP contribution is -2.57. The third-order valence-corrected chi connectivity index (χ3v) is 12.2. The highest BCUT2D eigenvalue weighted by Gasteiger charge is 2.40. The van der Waals surface area contributed by atoms with Crippen LogP contribution in [0.25, 0.3) is 0 Å². The van der Waals surface area contributed by atoms with Crippen molar-refractivity contribution in [3.63, 3.8) is 0 Å². The molecule has 5 atom stereocenters. The maximum Gasteiger partial charge on any atom is 0.243 e. The maximum atomic E-state index is 13.8. The number of aromatic amines is 1. The molecule has 4 rings (SSSR count). The molecule has 43 heavy (non-hydrogen) atoms. The number of benzene rings is 1. The molecule has 0 unspecified atom stereocenters. The van der Waals surface area contributed by atoms with Crippen LogP contribution in [0, 0.1) is 17.8 Å². The summed E-state index contributed by atoms with van der Waals surface area (Å²) in [6.45, 7) is 4.82. The van der Waals surface area contributed by atoms with Crippen molar-refractivity contribution in [2.45, 2.75) is 88.3 Å². The summed E-state index contributed by atoms with van der Waals surface area (Å²) in [6, 6.07) is 7.42. The van der Waals surface area contributed by atoms with Gasteiger partial charge in [-0.25, -0.2) is 13.4 Å².